The Labute approximate surface area is 262 Å². The van der Waals surface area contributed by atoms with Gasteiger partial charge >= 0.3 is 6.09 Å². The van der Waals surface area contributed by atoms with Crippen LogP contribution < -0.4 is 16.0 Å². The van der Waals surface area contributed by atoms with E-state index in [-0.39, 0.29) is 31.4 Å². The third-order valence-electron chi connectivity index (χ3n) is 9.37. The molecule has 240 valence electrons. The van der Waals surface area contributed by atoms with Crippen LogP contribution in [0, 0.1) is 36.6 Å². The van der Waals surface area contributed by atoms with Gasteiger partial charge in [0.25, 0.3) is 5.91 Å². The summed E-state index contributed by atoms with van der Waals surface area (Å²) in [6.45, 7) is 13.3. The van der Waals surface area contributed by atoms with E-state index in [0.717, 1.165) is 36.8 Å². The summed E-state index contributed by atoms with van der Waals surface area (Å²) >= 11 is 0. The van der Waals surface area contributed by atoms with E-state index in [1.807, 2.05) is 46.8 Å². The van der Waals surface area contributed by atoms with Gasteiger partial charge in [0.1, 0.15) is 34.8 Å². The van der Waals surface area contributed by atoms with Crippen molar-refractivity contribution in [3.05, 3.63) is 35.9 Å². The number of amides is 4. The molecule has 2 aromatic rings. The average molecular weight is 619 g/mol. The number of carbonyl (C=O) groups excluding carboxylic acids is 4. The minimum Gasteiger partial charge on any atom is -0.446 e. The molecule has 1 aromatic carbocycles. The molecule has 2 heterocycles. The molecule has 13 nitrogen and oxygen atoms in total. The summed E-state index contributed by atoms with van der Waals surface area (Å²) in [6, 6.07) is 1.43. The number of nitriles is 1. The number of ether oxygens (including phenoxy) is 1. The van der Waals surface area contributed by atoms with Crippen molar-refractivity contribution in [2.24, 2.45) is 11.3 Å². The van der Waals surface area contributed by atoms with Gasteiger partial charge in [-0.25, -0.2) is 4.79 Å². The molecule has 45 heavy (non-hydrogen) atoms. The van der Waals surface area contributed by atoms with Crippen molar-refractivity contribution >= 4 is 34.8 Å². The molecule has 1 unspecified atom stereocenters. The first-order valence-electron chi connectivity index (χ1n) is 15.5. The Kier molecular flexibility index (Phi) is 8.62. The van der Waals surface area contributed by atoms with E-state index >= 15 is 0 Å². The lowest BCUT2D eigenvalue weighted by Crippen LogP contribution is -2.59. The van der Waals surface area contributed by atoms with Crippen molar-refractivity contribution in [1.29, 1.82) is 5.26 Å². The molecule has 3 aliphatic rings. The maximum absolute atomic E-state index is 14.3. The predicted molar refractivity (Wildman–Crippen MR) is 164 cm³/mol. The zero-order valence-electron chi connectivity index (χ0n) is 26.6. The van der Waals surface area contributed by atoms with Crippen LogP contribution in [-0.4, -0.2) is 74.0 Å². The summed E-state index contributed by atoms with van der Waals surface area (Å²) in [5, 5.41) is 26.2. The first-order chi connectivity index (χ1) is 21.3. The number of carbonyl (C=O) groups is 4. The van der Waals surface area contributed by atoms with E-state index in [4.69, 9.17) is 10.00 Å². The van der Waals surface area contributed by atoms with Gasteiger partial charge in [-0.15, -0.1) is 6.58 Å². The van der Waals surface area contributed by atoms with Crippen LogP contribution in [-0.2, 0) is 19.1 Å². The minimum absolute atomic E-state index is 0.101. The van der Waals surface area contributed by atoms with Gasteiger partial charge in [0, 0.05) is 18.9 Å². The standard InChI is InChI=1S/C32H42N8O5/c1-7-20-15-32(20,29(43)34-17-33)36-27(41)25-14-21(40-37-23-12-18(2)19(3)13-24(23)38-40)16-39(25)28(42)26(31(4,5)6)35-30(44)45-22-10-8-9-11-22/h7,12-13,20-22,25-26H,1,8-11,14-16H2,2-6H3,(H,34,43)(H,35,44)(H,36,41)/t20?,21-,25+,26+,32-/m1/s1. The van der Waals surface area contributed by atoms with E-state index in [2.05, 4.69) is 32.7 Å². The van der Waals surface area contributed by atoms with Crippen LogP contribution in [0.3, 0.4) is 0 Å². The largest absolute Gasteiger partial charge is 0.446 e. The normalized spacial score (nSPS) is 25.3. The Bertz CT molecular complexity index is 1530. The fourth-order valence-electron chi connectivity index (χ4n) is 6.45. The van der Waals surface area contributed by atoms with Crippen LogP contribution in [0.15, 0.2) is 24.8 Å². The van der Waals surface area contributed by atoms with Crippen molar-refractivity contribution < 1.29 is 23.9 Å². The Balaban J connectivity index is 1.44. The average Bonchev–Trinajstić information content (AvgIpc) is 3.37. The molecule has 13 heteroatoms. The highest BCUT2D eigenvalue weighted by Gasteiger charge is 2.61. The Morgan fingerprint density at radius 2 is 1.76 bits per heavy atom. The maximum atomic E-state index is 14.3. The van der Waals surface area contributed by atoms with E-state index < -0.39 is 52.9 Å². The number of alkyl carbamates (subject to hydrolysis) is 1. The first-order valence-corrected chi connectivity index (χ1v) is 15.5. The molecule has 3 fully saturated rings. The summed E-state index contributed by atoms with van der Waals surface area (Å²) in [5.41, 5.74) is 1.48. The van der Waals surface area contributed by atoms with Crippen LogP contribution in [0.4, 0.5) is 4.79 Å². The lowest BCUT2D eigenvalue weighted by Gasteiger charge is -2.35. The molecule has 5 rings (SSSR count). The topological polar surface area (TPSA) is 171 Å². The third-order valence-corrected chi connectivity index (χ3v) is 9.37. The van der Waals surface area contributed by atoms with Gasteiger partial charge in [-0.05, 0) is 74.6 Å². The highest BCUT2D eigenvalue weighted by atomic mass is 16.6. The highest BCUT2D eigenvalue weighted by molar-refractivity contribution is 5.99. The molecular formula is C32H42N8O5. The lowest BCUT2D eigenvalue weighted by atomic mass is 9.85. The molecule has 1 saturated heterocycles. The predicted octanol–water partition coefficient (Wildman–Crippen LogP) is 2.93. The molecular weight excluding hydrogens is 576 g/mol. The van der Waals surface area contributed by atoms with Crippen LogP contribution in [0.25, 0.3) is 11.0 Å². The van der Waals surface area contributed by atoms with E-state index in [9.17, 15) is 19.2 Å². The Morgan fingerprint density at radius 3 is 2.29 bits per heavy atom. The van der Waals surface area contributed by atoms with Gasteiger partial charge in [-0.2, -0.15) is 20.3 Å². The number of hydrogen-bond donors (Lipinski definition) is 3. The van der Waals surface area contributed by atoms with Gasteiger partial charge in [-0.1, -0.05) is 26.8 Å². The van der Waals surface area contributed by atoms with Crippen molar-refractivity contribution in [1.82, 2.24) is 35.8 Å². The number of nitrogens with one attached hydrogen (secondary N) is 3. The second-order valence-electron chi connectivity index (χ2n) is 13.7. The second-order valence-corrected chi connectivity index (χ2v) is 13.7. The highest BCUT2D eigenvalue weighted by Crippen LogP contribution is 2.45. The molecule has 4 amide bonds. The number of aryl methyl sites for hydroxylation is 2. The molecule has 0 radical (unpaired) electrons. The monoisotopic (exact) mass is 618 g/mol. The summed E-state index contributed by atoms with van der Waals surface area (Å²) < 4.78 is 5.61. The van der Waals surface area contributed by atoms with Gasteiger partial charge < -0.3 is 20.3 Å². The van der Waals surface area contributed by atoms with Crippen LogP contribution in [0.1, 0.15) is 76.5 Å². The van der Waals surface area contributed by atoms with E-state index in [1.165, 1.54) is 4.90 Å². The fraction of sp³-hybridized carbons (Fsp3) is 0.594. The number of rotatable bonds is 8. The fourth-order valence-corrected chi connectivity index (χ4v) is 6.45. The molecule has 2 aliphatic carbocycles. The first kappa shape index (κ1) is 31.9. The van der Waals surface area contributed by atoms with Crippen molar-refractivity contribution in [3.63, 3.8) is 0 Å². The number of benzene rings is 1. The van der Waals surface area contributed by atoms with E-state index in [1.54, 1.807) is 17.1 Å². The second kappa shape index (κ2) is 12.1. The van der Waals surface area contributed by atoms with Gasteiger partial charge in [-0.3, -0.25) is 19.7 Å². The molecule has 1 aromatic heterocycles. The van der Waals surface area contributed by atoms with Crippen LogP contribution in [0.5, 0.6) is 0 Å². The number of aromatic nitrogens is 3. The molecule has 0 bridgehead atoms. The van der Waals surface area contributed by atoms with Gasteiger partial charge in [0.15, 0.2) is 6.19 Å². The maximum Gasteiger partial charge on any atom is 0.408 e. The summed E-state index contributed by atoms with van der Waals surface area (Å²) in [4.78, 5) is 57.1. The van der Waals surface area contributed by atoms with Crippen molar-refractivity contribution in [3.8, 4) is 6.19 Å². The SMILES string of the molecule is C=CC1C[C@]1(NC(=O)[C@@H]1C[C@@H](n2nc3cc(C)c(C)cc3n2)CN1C(=O)[C@H](NC(=O)OC1CCCC1)C(C)(C)C)C(=O)NC#N. The zero-order chi connectivity index (χ0) is 32.7. The smallest absolute Gasteiger partial charge is 0.408 e. The third kappa shape index (κ3) is 6.36. The quantitative estimate of drug-likeness (QED) is 0.230. The van der Waals surface area contributed by atoms with E-state index in [0.29, 0.717) is 11.0 Å². The Morgan fingerprint density at radius 1 is 1.13 bits per heavy atom. The summed E-state index contributed by atoms with van der Waals surface area (Å²) in [7, 11) is 0. The number of likely N-dealkylation sites (tertiary alicyclic amines) is 1. The van der Waals surface area contributed by atoms with Crippen LogP contribution >= 0.6 is 0 Å². The summed E-state index contributed by atoms with van der Waals surface area (Å²) in [5.74, 6) is -2.00. The molecule has 5 atom stereocenters. The van der Waals surface area contributed by atoms with Gasteiger partial charge in [0.2, 0.25) is 11.8 Å². The summed E-state index contributed by atoms with van der Waals surface area (Å²) in [6.07, 6.45) is 6.35. The molecule has 2 saturated carbocycles. The molecule has 3 N–H and O–H groups in total. The van der Waals surface area contributed by atoms with Gasteiger partial charge in [0.05, 0.1) is 6.04 Å². The zero-order valence-corrected chi connectivity index (χ0v) is 26.6. The molecule has 0 spiro atoms. The number of fused-ring (bicyclic) bond motifs is 1. The number of nitrogens with zero attached hydrogens (tertiary/aromatic N) is 5. The van der Waals surface area contributed by atoms with Crippen molar-refractivity contribution in [2.75, 3.05) is 6.54 Å². The lowest BCUT2D eigenvalue weighted by molar-refractivity contribution is -0.142. The Hall–Kier alpha value is -4.47. The van der Waals surface area contributed by atoms with Crippen LogP contribution in [0.2, 0.25) is 0 Å². The van der Waals surface area contributed by atoms with Crippen molar-refractivity contribution in [2.45, 2.75) is 103 Å². The number of hydrogen-bond acceptors (Lipinski definition) is 8. The molecule has 1 aliphatic heterocycles. The minimum atomic E-state index is -1.33.